The van der Waals surface area contributed by atoms with E-state index in [-0.39, 0.29) is 36.4 Å². The highest BCUT2D eigenvalue weighted by molar-refractivity contribution is 6.09. The van der Waals surface area contributed by atoms with E-state index in [1.165, 1.54) is 12.1 Å². The van der Waals surface area contributed by atoms with Gasteiger partial charge in [0.1, 0.15) is 12.1 Å². The van der Waals surface area contributed by atoms with E-state index >= 15 is 0 Å². The van der Waals surface area contributed by atoms with Crippen LogP contribution in [0.2, 0.25) is 0 Å². The molecule has 0 atom stereocenters. The zero-order valence-corrected chi connectivity index (χ0v) is 19.9. The predicted molar refractivity (Wildman–Crippen MR) is 119 cm³/mol. The monoisotopic (exact) mass is 479 g/mol. The Morgan fingerprint density at radius 3 is 2.15 bits per heavy atom. The van der Waals surface area contributed by atoms with Gasteiger partial charge in [-0.3, -0.25) is 14.5 Å². The van der Waals surface area contributed by atoms with Gasteiger partial charge in [0, 0.05) is 12.6 Å². The van der Waals surface area contributed by atoms with Gasteiger partial charge in [-0.1, -0.05) is 32.9 Å². The Morgan fingerprint density at radius 1 is 1.06 bits per heavy atom. The molecule has 4 rings (SSSR count). The van der Waals surface area contributed by atoms with Gasteiger partial charge >= 0.3 is 12.2 Å². The van der Waals surface area contributed by atoms with E-state index in [0.29, 0.717) is 24.3 Å². The van der Waals surface area contributed by atoms with Crippen molar-refractivity contribution in [3.63, 3.8) is 0 Å². The lowest BCUT2D eigenvalue weighted by Crippen LogP contribution is -2.51. The molecule has 6 nitrogen and oxygen atoms in total. The summed E-state index contributed by atoms with van der Waals surface area (Å²) in [5.41, 5.74) is -0.975. The molecule has 3 aliphatic rings. The number of amides is 4. The SMILES string of the molecule is CC(C)(C)C1CCC2(CC1)NC(=O)N(CC(=O)N(Cc1ccc(C(F)(F)F)cc1)C1CC1)C2=O. The number of urea groups is 1. The molecule has 1 spiro atoms. The lowest BCUT2D eigenvalue weighted by molar-refractivity contribution is -0.140. The molecule has 9 heteroatoms. The Bertz CT molecular complexity index is 956. The highest BCUT2D eigenvalue weighted by Crippen LogP contribution is 2.43. The first kappa shape index (κ1) is 24.5. The molecule has 1 heterocycles. The van der Waals surface area contributed by atoms with Crippen LogP contribution in [0.4, 0.5) is 18.0 Å². The molecule has 0 radical (unpaired) electrons. The van der Waals surface area contributed by atoms with Gasteiger partial charge in [-0.2, -0.15) is 13.2 Å². The molecule has 0 aromatic heterocycles. The number of imide groups is 1. The smallest absolute Gasteiger partial charge is 0.334 e. The number of hydrogen-bond acceptors (Lipinski definition) is 3. The van der Waals surface area contributed by atoms with Gasteiger partial charge in [0.2, 0.25) is 5.91 Å². The number of halogens is 3. The molecule has 1 saturated heterocycles. The van der Waals surface area contributed by atoms with Gasteiger partial charge < -0.3 is 10.2 Å². The summed E-state index contributed by atoms with van der Waals surface area (Å²) in [6, 6.07) is 4.16. The third-order valence-electron chi connectivity index (χ3n) is 7.55. The van der Waals surface area contributed by atoms with Crippen molar-refractivity contribution < 1.29 is 27.6 Å². The number of nitrogens with one attached hydrogen (secondary N) is 1. The fourth-order valence-electron chi connectivity index (χ4n) is 5.16. The normalized spacial score (nSPS) is 25.6. The minimum Gasteiger partial charge on any atom is -0.334 e. The third kappa shape index (κ3) is 4.93. The maximum atomic E-state index is 13.2. The fourth-order valence-corrected chi connectivity index (χ4v) is 5.16. The van der Waals surface area contributed by atoms with E-state index in [9.17, 15) is 27.6 Å². The first-order valence-electron chi connectivity index (χ1n) is 11.9. The molecule has 186 valence electrons. The standard InChI is InChI=1S/C25H32F3N3O3/c1-23(2,3)17-10-12-24(13-11-17)21(33)31(22(34)29-24)15-20(32)30(19-8-9-19)14-16-4-6-18(7-5-16)25(26,27)28/h4-7,17,19H,8-15H2,1-3H3,(H,29,34). The van der Waals surface area contributed by atoms with Crippen LogP contribution in [0.3, 0.4) is 0 Å². The summed E-state index contributed by atoms with van der Waals surface area (Å²) in [6.07, 6.45) is -0.0473. The van der Waals surface area contributed by atoms with Crippen molar-refractivity contribution in [3.8, 4) is 0 Å². The number of carbonyl (C=O) groups is 3. The van der Waals surface area contributed by atoms with Crippen LogP contribution in [-0.2, 0) is 22.3 Å². The molecule has 3 fully saturated rings. The van der Waals surface area contributed by atoms with Crippen LogP contribution in [0.1, 0.15) is 70.4 Å². The molecule has 34 heavy (non-hydrogen) atoms. The molecule has 2 aliphatic carbocycles. The molecule has 1 N–H and O–H groups in total. The number of alkyl halides is 3. The Hall–Kier alpha value is -2.58. The first-order chi connectivity index (χ1) is 15.8. The van der Waals surface area contributed by atoms with Crippen molar-refractivity contribution in [2.75, 3.05) is 6.54 Å². The number of hydrogen-bond donors (Lipinski definition) is 1. The van der Waals surface area contributed by atoms with Crippen molar-refractivity contribution in [2.45, 2.75) is 83.6 Å². The van der Waals surface area contributed by atoms with E-state index in [2.05, 4.69) is 26.1 Å². The second kappa shape index (κ2) is 8.57. The van der Waals surface area contributed by atoms with E-state index in [1.54, 1.807) is 4.90 Å². The number of nitrogens with zero attached hydrogens (tertiary/aromatic N) is 2. The van der Waals surface area contributed by atoms with E-state index in [1.807, 2.05) is 0 Å². The molecule has 2 saturated carbocycles. The summed E-state index contributed by atoms with van der Waals surface area (Å²) in [7, 11) is 0. The van der Waals surface area contributed by atoms with Crippen LogP contribution in [0.15, 0.2) is 24.3 Å². The van der Waals surface area contributed by atoms with Crippen LogP contribution >= 0.6 is 0 Å². The number of rotatable bonds is 5. The van der Waals surface area contributed by atoms with Crippen molar-refractivity contribution in [1.29, 1.82) is 0 Å². The highest BCUT2D eigenvalue weighted by atomic mass is 19.4. The van der Waals surface area contributed by atoms with E-state index < -0.39 is 23.3 Å². The Labute approximate surface area is 197 Å². The van der Waals surface area contributed by atoms with Crippen LogP contribution < -0.4 is 5.32 Å². The lowest BCUT2D eigenvalue weighted by atomic mass is 9.67. The average molecular weight is 480 g/mol. The maximum absolute atomic E-state index is 13.2. The van der Waals surface area contributed by atoms with Crippen LogP contribution in [0.25, 0.3) is 0 Å². The highest BCUT2D eigenvalue weighted by Gasteiger charge is 2.54. The molecule has 1 aromatic carbocycles. The number of carbonyl (C=O) groups excluding carboxylic acids is 3. The largest absolute Gasteiger partial charge is 0.416 e. The summed E-state index contributed by atoms with van der Waals surface area (Å²) in [4.78, 5) is 41.7. The van der Waals surface area contributed by atoms with Crippen molar-refractivity contribution in [2.24, 2.45) is 11.3 Å². The Kier molecular flexibility index (Phi) is 6.19. The third-order valence-corrected chi connectivity index (χ3v) is 7.55. The predicted octanol–water partition coefficient (Wildman–Crippen LogP) is 4.72. The average Bonchev–Trinajstić information content (AvgIpc) is 3.56. The quantitative estimate of drug-likeness (QED) is 0.621. The summed E-state index contributed by atoms with van der Waals surface area (Å²) in [5, 5.41) is 2.86. The second-order valence-corrected chi connectivity index (χ2v) is 11.0. The topological polar surface area (TPSA) is 69.7 Å². The van der Waals surface area contributed by atoms with Crippen LogP contribution in [-0.4, -0.2) is 45.8 Å². The molecule has 4 amide bonds. The van der Waals surface area contributed by atoms with Gasteiger partial charge in [0.05, 0.1) is 5.56 Å². The maximum Gasteiger partial charge on any atom is 0.416 e. The van der Waals surface area contributed by atoms with Crippen molar-refractivity contribution in [3.05, 3.63) is 35.4 Å². The zero-order chi connectivity index (χ0) is 24.9. The van der Waals surface area contributed by atoms with Gasteiger partial charge in [-0.15, -0.1) is 0 Å². The second-order valence-electron chi connectivity index (χ2n) is 11.0. The molecular formula is C25H32F3N3O3. The number of benzene rings is 1. The summed E-state index contributed by atoms with van der Waals surface area (Å²) >= 11 is 0. The zero-order valence-electron chi connectivity index (χ0n) is 19.9. The van der Waals surface area contributed by atoms with Crippen LogP contribution in [0.5, 0.6) is 0 Å². The van der Waals surface area contributed by atoms with Gasteiger partial charge in [-0.05, 0) is 67.6 Å². The van der Waals surface area contributed by atoms with E-state index in [0.717, 1.165) is 42.7 Å². The molecule has 1 aromatic rings. The summed E-state index contributed by atoms with van der Waals surface area (Å²) in [5.74, 6) is -0.248. The molecule has 0 bridgehead atoms. The van der Waals surface area contributed by atoms with Crippen molar-refractivity contribution >= 4 is 17.8 Å². The summed E-state index contributed by atoms with van der Waals surface area (Å²) < 4.78 is 38.5. The van der Waals surface area contributed by atoms with Gasteiger partial charge in [0.25, 0.3) is 5.91 Å². The molecular weight excluding hydrogens is 447 g/mol. The lowest BCUT2D eigenvalue weighted by Gasteiger charge is -2.40. The summed E-state index contributed by atoms with van der Waals surface area (Å²) in [6.45, 7) is 6.33. The molecule has 1 aliphatic heterocycles. The van der Waals surface area contributed by atoms with Gasteiger partial charge in [-0.25, -0.2) is 4.79 Å². The van der Waals surface area contributed by atoms with Crippen molar-refractivity contribution in [1.82, 2.24) is 15.1 Å². The van der Waals surface area contributed by atoms with E-state index in [4.69, 9.17) is 0 Å². The Balaban J connectivity index is 1.42. The van der Waals surface area contributed by atoms with Gasteiger partial charge in [0.15, 0.2) is 0 Å². The molecule has 0 unspecified atom stereocenters. The Morgan fingerprint density at radius 2 is 1.65 bits per heavy atom. The minimum atomic E-state index is -4.42. The van der Waals surface area contributed by atoms with Crippen LogP contribution in [0, 0.1) is 11.3 Å². The minimum absolute atomic E-state index is 0.0215. The fraction of sp³-hybridized carbons (Fsp3) is 0.640. The first-order valence-corrected chi connectivity index (χ1v) is 11.9.